The van der Waals surface area contributed by atoms with E-state index < -0.39 is 0 Å². The molecule has 1 aliphatic rings. The summed E-state index contributed by atoms with van der Waals surface area (Å²) < 4.78 is 0. The molecular weight excluding hydrogens is 212 g/mol. The van der Waals surface area contributed by atoms with Crippen LogP contribution in [0.4, 0.5) is 5.69 Å². The fraction of sp³-hybridized carbons (Fsp3) is 0.500. The largest absolute Gasteiger partial charge is 0.325 e. The molecule has 1 aliphatic heterocycles. The predicted octanol–water partition coefficient (Wildman–Crippen LogP) is 2.28. The van der Waals surface area contributed by atoms with Crippen molar-refractivity contribution in [2.24, 2.45) is 5.92 Å². The third-order valence-corrected chi connectivity index (χ3v) is 3.33. The fourth-order valence-electron chi connectivity index (χ4n) is 2.04. The normalized spacial score (nSPS) is 15.8. The van der Waals surface area contributed by atoms with Gasteiger partial charge in [0, 0.05) is 18.8 Å². The minimum absolute atomic E-state index is 0.134. The maximum Gasteiger partial charge on any atom is 0.230 e. The second-order valence-electron chi connectivity index (χ2n) is 5.04. The molecule has 2 rings (SSSR count). The number of benzene rings is 1. The minimum Gasteiger partial charge on any atom is -0.325 e. The van der Waals surface area contributed by atoms with E-state index in [0.29, 0.717) is 5.92 Å². The van der Waals surface area contributed by atoms with Gasteiger partial charge in [0.05, 0.1) is 5.92 Å². The van der Waals surface area contributed by atoms with E-state index >= 15 is 0 Å². The lowest BCUT2D eigenvalue weighted by molar-refractivity contribution is -0.121. The highest BCUT2D eigenvalue weighted by Crippen LogP contribution is 2.27. The number of anilines is 1. The van der Waals surface area contributed by atoms with Gasteiger partial charge in [-0.2, -0.15) is 0 Å². The zero-order valence-electron chi connectivity index (χ0n) is 10.7. The Bertz CT molecular complexity index is 422. The Labute approximate surface area is 103 Å². The van der Waals surface area contributed by atoms with E-state index in [4.69, 9.17) is 0 Å². The minimum atomic E-state index is 0.134. The molecule has 0 radical (unpaired) electrons. The third-order valence-electron chi connectivity index (χ3n) is 3.33. The lowest BCUT2D eigenvalue weighted by atomic mass is 9.96. The van der Waals surface area contributed by atoms with Crippen LogP contribution in [0, 0.1) is 12.8 Å². The van der Waals surface area contributed by atoms with Crippen LogP contribution in [-0.2, 0) is 4.79 Å². The van der Waals surface area contributed by atoms with Crippen molar-refractivity contribution in [1.29, 1.82) is 0 Å². The number of amides is 1. The van der Waals surface area contributed by atoms with E-state index in [1.165, 1.54) is 5.56 Å². The number of para-hydroxylation sites is 1. The molecule has 2 N–H and O–H groups in total. The van der Waals surface area contributed by atoms with E-state index in [2.05, 4.69) is 30.5 Å². The Morgan fingerprint density at radius 1 is 1.41 bits per heavy atom. The molecule has 1 heterocycles. The smallest absolute Gasteiger partial charge is 0.230 e. The van der Waals surface area contributed by atoms with E-state index in [0.717, 1.165) is 24.3 Å². The molecule has 3 heteroatoms. The summed E-state index contributed by atoms with van der Waals surface area (Å²) in [5.41, 5.74) is 3.35. The number of hydrogen-bond acceptors (Lipinski definition) is 2. The molecule has 92 valence electrons. The van der Waals surface area contributed by atoms with E-state index in [1.54, 1.807) is 0 Å². The topological polar surface area (TPSA) is 41.1 Å². The van der Waals surface area contributed by atoms with Crippen molar-refractivity contribution in [1.82, 2.24) is 5.32 Å². The van der Waals surface area contributed by atoms with Crippen molar-refractivity contribution in [3.05, 3.63) is 29.3 Å². The van der Waals surface area contributed by atoms with Gasteiger partial charge < -0.3 is 10.6 Å². The maximum absolute atomic E-state index is 12.0. The molecule has 0 saturated carbocycles. The first-order chi connectivity index (χ1) is 8.09. The van der Waals surface area contributed by atoms with E-state index in [-0.39, 0.29) is 11.8 Å². The first-order valence-corrected chi connectivity index (χ1v) is 6.20. The average molecular weight is 232 g/mol. The lowest BCUT2D eigenvalue weighted by Crippen LogP contribution is -2.48. The molecule has 1 amide bonds. The Morgan fingerprint density at radius 2 is 2.12 bits per heavy atom. The predicted molar refractivity (Wildman–Crippen MR) is 70.3 cm³/mol. The third kappa shape index (κ3) is 2.50. The van der Waals surface area contributed by atoms with Crippen LogP contribution in [0.3, 0.4) is 0 Å². The number of nitrogens with one attached hydrogen (secondary N) is 2. The SMILES string of the molecule is Cc1cccc(C(C)C)c1NC(=O)C1CNC1. The van der Waals surface area contributed by atoms with Gasteiger partial charge in [-0.25, -0.2) is 0 Å². The van der Waals surface area contributed by atoms with Crippen molar-refractivity contribution in [3.63, 3.8) is 0 Å². The number of carbonyl (C=O) groups is 1. The molecule has 0 aromatic heterocycles. The molecule has 1 aromatic rings. The number of rotatable bonds is 3. The standard InChI is InChI=1S/C14H20N2O/c1-9(2)12-6-4-5-10(3)13(12)16-14(17)11-7-15-8-11/h4-6,9,11,15H,7-8H2,1-3H3,(H,16,17). The van der Waals surface area contributed by atoms with Crippen molar-refractivity contribution in [2.45, 2.75) is 26.7 Å². The van der Waals surface area contributed by atoms with Gasteiger partial charge in [0.25, 0.3) is 0 Å². The summed E-state index contributed by atoms with van der Waals surface area (Å²) in [7, 11) is 0. The van der Waals surface area contributed by atoms with Crippen molar-refractivity contribution in [2.75, 3.05) is 18.4 Å². The van der Waals surface area contributed by atoms with E-state index in [1.807, 2.05) is 19.1 Å². The zero-order valence-corrected chi connectivity index (χ0v) is 10.7. The number of hydrogen-bond donors (Lipinski definition) is 2. The summed E-state index contributed by atoms with van der Waals surface area (Å²) >= 11 is 0. The van der Waals surface area contributed by atoms with Gasteiger partial charge >= 0.3 is 0 Å². The van der Waals surface area contributed by atoms with Crippen LogP contribution in [0.25, 0.3) is 0 Å². The zero-order chi connectivity index (χ0) is 12.4. The van der Waals surface area contributed by atoms with Crippen LogP contribution < -0.4 is 10.6 Å². The monoisotopic (exact) mass is 232 g/mol. The highest BCUT2D eigenvalue weighted by molar-refractivity contribution is 5.95. The van der Waals surface area contributed by atoms with E-state index in [9.17, 15) is 4.79 Å². The summed E-state index contributed by atoms with van der Waals surface area (Å²) in [6.45, 7) is 7.94. The number of aryl methyl sites for hydroxylation is 1. The molecule has 1 fully saturated rings. The Balaban J connectivity index is 2.21. The molecular formula is C14H20N2O. The van der Waals surface area contributed by atoms with Gasteiger partial charge in [-0.15, -0.1) is 0 Å². The average Bonchev–Trinajstić information content (AvgIpc) is 2.17. The molecule has 0 atom stereocenters. The molecule has 3 nitrogen and oxygen atoms in total. The lowest BCUT2D eigenvalue weighted by Gasteiger charge is -2.27. The molecule has 0 aliphatic carbocycles. The van der Waals surface area contributed by atoms with Crippen LogP contribution in [0.1, 0.15) is 30.9 Å². The van der Waals surface area contributed by atoms with Gasteiger partial charge in [-0.3, -0.25) is 4.79 Å². The highest BCUT2D eigenvalue weighted by Gasteiger charge is 2.25. The molecule has 0 unspecified atom stereocenters. The fourth-order valence-corrected chi connectivity index (χ4v) is 2.04. The summed E-state index contributed by atoms with van der Waals surface area (Å²) in [6.07, 6.45) is 0. The van der Waals surface area contributed by atoms with Gasteiger partial charge in [-0.05, 0) is 24.0 Å². The van der Waals surface area contributed by atoms with Crippen molar-refractivity contribution in [3.8, 4) is 0 Å². The second-order valence-corrected chi connectivity index (χ2v) is 5.04. The Kier molecular flexibility index (Phi) is 3.48. The summed E-state index contributed by atoms with van der Waals surface area (Å²) in [6, 6.07) is 6.18. The van der Waals surface area contributed by atoms with Gasteiger partial charge in [0.2, 0.25) is 5.91 Å². The van der Waals surface area contributed by atoms with Gasteiger partial charge in [0.1, 0.15) is 0 Å². The molecule has 0 bridgehead atoms. The quantitative estimate of drug-likeness (QED) is 0.839. The van der Waals surface area contributed by atoms with Crippen LogP contribution in [0.15, 0.2) is 18.2 Å². The Hall–Kier alpha value is -1.35. The summed E-state index contributed by atoms with van der Waals surface area (Å²) in [5, 5.41) is 6.20. The highest BCUT2D eigenvalue weighted by atomic mass is 16.2. The first kappa shape index (κ1) is 12.1. The van der Waals surface area contributed by atoms with Crippen molar-refractivity contribution >= 4 is 11.6 Å². The van der Waals surface area contributed by atoms with Gasteiger partial charge in [-0.1, -0.05) is 32.0 Å². The number of carbonyl (C=O) groups excluding carboxylic acids is 1. The molecule has 1 saturated heterocycles. The van der Waals surface area contributed by atoms with Crippen LogP contribution in [-0.4, -0.2) is 19.0 Å². The van der Waals surface area contributed by atoms with Crippen LogP contribution >= 0.6 is 0 Å². The van der Waals surface area contributed by atoms with Crippen LogP contribution in [0.5, 0.6) is 0 Å². The summed E-state index contributed by atoms with van der Waals surface area (Å²) in [5.74, 6) is 0.694. The Morgan fingerprint density at radius 3 is 2.65 bits per heavy atom. The van der Waals surface area contributed by atoms with Crippen molar-refractivity contribution < 1.29 is 4.79 Å². The first-order valence-electron chi connectivity index (χ1n) is 6.20. The maximum atomic E-state index is 12.0. The van der Waals surface area contributed by atoms with Gasteiger partial charge in [0.15, 0.2) is 0 Å². The summed E-state index contributed by atoms with van der Waals surface area (Å²) in [4.78, 5) is 12.0. The second kappa shape index (κ2) is 4.88. The molecule has 0 spiro atoms. The molecule has 1 aromatic carbocycles. The molecule has 17 heavy (non-hydrogen) atoms. The van der Waals surface area contributed by atoms with Crippen LogP contribution in [0.2, 0.25) is 0 Å².